The van der Waals surface area contributed by atoms with Crippen LogP contribution in [0.5, 0.6) is 0 Å². The predicted octanol–water partition coefficient (Wildman–Crippen LogP) is 3.01. The first kappa shape index (κ1) is 22.7. The Morgan fingerprint density at radius 3 is 2.45 bits per heavy atom. The van der Waals surface area contributed by atoms with Gasteiger partial charge in [-0.15, -0.1) is 0 Å². The topological polar surface area (TPSA) is 112 Å². The highest BCUT2D eigenvalue weighted by Gasteiger charge is 2.21. The van der Waals surface area contributed by atoms with Gasteiger partial charge < -0.3 is 25.4 Å². The zero-order valence-corrected chi connectivity index (χ0v) is 18.7. The second-order valence-corrected chi connectivity index (χ2v) is 9.33. The van der Waals surface area contributed by atoms with Crippen molar-refractivity contribution < 1.29 is 10.2 Å². The number of fused-ring (bicyclic) bond motifs is 1. The van der Waals surface area contributed by atoms with E-state index in [-0.39, 0.29) is 30.9 Å². The molecule has 8 heteroatoms. The van der Waals surface area contributed by atoms with Crippen molar-refractivity contribution in [3.8, 4) is 0 Å². The Morgan fingerprint density at radius 1 is 1.06 bits per heavy atom. The van der Waals surface area contributed by atoms with E-state index in [1.165, 1.54) is 4.57 Å². The molecular weight excluding hydrogens is 394 g/mol. The van der Waals surface area contributed by atoms with Gasteiger partial charge in [0.25, 0.3) is 5.56 Å². The van der Waals surface area contributed by atoms with E-state index in [4.69, 9.17) is 0 Å². The summed E-state index contributed by atoms with van der Waals surface area (Å²) in [7, 11) is 0. The molecule has 0 atom stereocenters. The number of anilines is 3. The summed E-state index contributed by atoms with van der Waals surface area (Å²) >= 11 is 0. The SMILES string of the molecule is CC(C)(C)Nc1nc(Nc2cc(C(C)(C)CO)ccn2)cc2ccn(CCO)c(=O)c12. The van der Waals surface area contributed by atoms with E-state index in [1.807, 2.05) is 52.8 Å². The minimum atomic E-state index is -0.396. The van der Waals surface area contributed by atoms with Crippen LogP contribution in [0.4, 0.5) is 17.5 Å². The number of nitrogens with one attached hydrogen (secondary N) is 2. The van der Waals surface area contributed by atoms with Crippen molar-refractivity contribution in [2.45, 2.75) is 52.1 Å². The van der Waals surface area contributed by atoms with Gasteiger partial charge in [0.05, 0.1) is 18.6 Å². The Balaban J connectivity index is 2.09. The lowest BCUT2D eigenvalue weighted by atomic mass is 9.86. The highest BCUT2D eigenvalue weighted by molar-refractivity contribution is 5.93. The maximum Gasteiger partial charge on any atom is 0.262 e. The summed E-state index contributed by atoms with van der Waals surface area (Å²) in [5.74, 6) is 1.61. The molecule has 0 aromatic carbocycles. The summed E-state index contributed by atoms with van der Waals surface area (Å²) in [6.07, 6.45) is 3.37. The molecule has 0 unspecified atom stereocenters. The van der Waals surface area contributed by atoms with Crippen LogP contribution in [0.3, 0.4) is 0 Å². The minimum Gasteiger partial charge on any atom is -0.395 e. The van der Waals surface area contributed by atoms with Crippen LogP contribution in [0.2, 0.25) is 0 Å². The summed E-state index contributed by atoms with van der Waals surface area (Å²) in [4.78, 5) is 22.0. The van der Waals surface area contributed by atoms with E-state index >= 15 is 0 Å². The van der Waals surface area contributed by atoms with Crippen LogP contribution in [0, 0.1) is 0 Å². The summed E-state index contributed by atoms with van der Waals surface area (Å²) < 4.78 is 1.48. The molecule has 4 N–H and O–H groups in total. The maximum absolute atomic E-state index is 13.0. The molecule has 0 bridgehead atoms. The largest absolute Gasteiger partial charge is 0.395 e. The van der Waals surface area contributed by atoms with Gasteiger partial charge in [0, 0.05) is 29.9 Å². The normalized spacial score (nSPS) is 12.2. The highest BCUT2D eigenvalue weighted by Crippen LogP contribution is 2.28. The van der Waals surface area contributed by atoms with Crippen molar-refractivity contribution >= 4 is 28.2 Å². The molecule has 0 saturated heterocycles. The summed E-state index contributed by atoms with van der Waals surface area (Å²) in [6, 6.07) is 7.41. The second kappa shape index (κ2) is 8.64. The van der Waals surface area contributed by atoms with Gasteiger partial charge in [0.2, 0.25) is 0 Å². The number of hydrogen-bond donors (Lipinski definition) is 4. The molecule has 0 amide bonds. The molecule has 0 aliphatic carbocycles. The summed E-state index contributed by atoms with van der Waals surface area (Å²) in [5, 5.41) is 26.7. The van der Waals surface area contributed by atoms with Crippen molar-refractivity contribution in [3.63, 3.8) is 0 Å². The monoisotopic (exact) mass is 425 g/mol. The van der Waals surface area contributed by atoms with Crippen molar-refractivity contribution in [1.29, 1.82) is 0 Å². The molecule has 8 nitrogen and oxygen atoms in total. The fourth-order valence-electron chi connectivity index (χ4n) is 3.24. The van der Waals surface area contributed by atoms with Crippen LogP contribution < -0.4 is 16.2 Å². The fourth-order valence-corrected chi connectivity index (χ4v) is 3.24. The van der Waals surface area contributed by atoms with Gasteiger partial charge in [-0.25, -0.2) is 9.97 Å². The third-order valence-electron chi connectivity index (χ3n) is 4.99. The third kappa shape index (κ3) is 5.21. The Hall–Kier alpha value is -2.97. The maximum atomic E-state index is 13.0. The molecule has 3 heterocycles. The zero-order chi connectivity index (χ0) is 22.8. The van der Waals surface area contributed by atoms with Gasteiger partial charge in [-0.3, -0.25) is 4.79 Å². The van der Waals surface area contributed by atoms with Crippen molar-refractivity contribution in [1.82, 2.24) is 14.5 Å². The lowest BCUT2D eigenvalue weighted by molar-refractivity contribution is 0.218. The fraction of sp³-hybridized carbons (Fsp3) is 0.435. The van der Waals surface area contributed by atoms with Gasteiger partial charge >= 0.3 is 0 Å². The van der Waals surface area contributed by atoms with Crippen LogP contribution >= 0.6 is 0 Å². The van der Waals surface area contributed by atoms with Crippen molar-refractivity contribution in [3.05, 3.63) is 52.6 Å². The number of aromatic nitrogens is 3. The molecule has 166 valence electrons. The van der Waals surface area contributed by atoms with Gasteiger partial charge in [-0.1, -0.05) is 13.8 Å². The van der Waals surface area contributed by atoms with Crippen molar-refractivity contribution in [2.75, 3.05) is 23.8 Å². The second-order valence-electron chi connectivity index (χ2n) is 9.33. The third-order valence-corrected chi connectivity index (χ3v) is 4.99. The predicted molar refractivity (Wildman–Crippen MR) is 124 cm³/mol. The lowest BCUT2D eigenvalue weighted by Crippen LogP contribution is -2.29. The number of pyridine rings is 3. The quantitative estimate of drug-likeness (QED) is 0.460. The van der Waals surface area contributed by atoms with Crippen LogP contribution in [0.1, 0.15) is 40.2 Å². The van der Waals surface area contributed by atoms with Crippen LogP contribution in [-0.4, -0.2) is 43.5 Å². The van der Waals surface area contributed by atoms with E-state index in [0.29, 0.717) is 22.8 Å². The van der Waals surface area contributed by atoms with Crippen molar-refractivity contribution in [2.24, 2.45) is 0 Å². The van der Waals surface area contributed by atoms with Gasteiger partial charge in [-0.05, 0) is 56.0 Å². The Morgan fingerprint density at radius 2 is 1.81 bits per heavy atom. The molecular formula is C23H31N5O3. The standard InChI is InChI=1S/C23H31N5O3/c1-22(2,3)27-20-19-15(7-9-28(10-11-29)21(19)31)12-18(26-20)25-17-13-16(6-8-24-17)23(4,5)14-30/h6-9,12-13,29-30H,10-11,14H2,1-5H3,(H2,24,25,26,27). The number of rotatable bonds is 7. The summed E-state index contributed by atoms with van der Waals surface area (Å²) in [6.45, 7) is 10.0. The Labute approximate surface area is 182 Å². The molecule has 3 aromatic rings. The van der Waals surface area contributed by atoms with Gasteiger partial charge in [-0.2, -0.15) is 0 Å². The minimum absolute atomic E-state index is 0.0183. The van der Waals surface area contributed by atoms with Crippen LogP contribution in [0.25, 0.3) is 10.8 Å². The number of nitrogens with zero attached hydrogens (tertiary/aromatic N) is 3. The lowest BCUT2D eigenvalue weighted by Gasteiger charge is -2.24. The molecule has 0 aliphatic heterocycles. The van der Waals surface area contributed by atoms with Gasteiger partial charge in [0.15, 0.2) is 0 Å². The molecule has 3 rings (SSSR count). The summed E-state index contributed by atoms with van der Waals surface area (Å²) in [5.41, 5.74) is 0.0363. The molecule has 0 aliphatic rings. The first-order valence-electron chi connectivity index (χ1n) is 10.3. The van der Waals surface area contributed by atoms with Gasteiger partial charge in [0.1, 0.15) is 17.5 Å². The zero-order valence-electron chi connectivity index (χ0n) is 18.7. The number of aliphatic hydroxyl groups excluding tert-OH is 2. The molecule has 0 fully saturated rings. The number of aliphatic hydroxyl groups is 2. The molecule has 31 heavy (non-hydrogen) atoms. The van der Waals surface area contributed by atoms with E-state index in [0.717, 1.165) is 10.9 Å². The number of hydrogen-bond acceptors (Lipinski definition) is 7. The van der Waals surface area contributed by atoms with E-state index in [2.05, 4.69) is 20.6 Å². The van der Waals surface area contributed by atoms with E-state index < -0.39 is 5.41 Å². The van der Waals surface area contributed by atoms with E-state index in [9.17, 15) is 15.0 Å². The van der Waals surface area contributed by atoms with E-state index in [1.54, 1.807) is 18.5 Å². The molecule has 3 aromatic heterocycles. The first-order chi connectivity index (χ1) is 14.5. The van der Waals surface area contributed by atoms with Crippen LogP contribution in [-0.2, 0) is 12.0 Å². The Bertz CT molecular complexity index is 1130. The Kier molecular flexibility index (Phi) is 6.33. The molecule has 0 radical (unpaired) electrons. The average Bonchev–Trinajstić information content (AvgIpc) is 2.69. The molecule has 0 spiro atoms. The van der Waals surface area contributed by atoms with Crippen LogP contribution in [0.15, 0.2) is 41.5 Å². The smallest absolute Gasteiger partial charge is 0.262 e. The average molecular weight is 426 g/mol. The first-order valence-corrected chi connectivity index (χ1v) is 10.3. The highest BCUT2D eigenvalue weighted by atomic mass is 16.3. The molecule has 0 saturated carbocycles.